The van der Waals surface area contributed by atoms with Gasteiger partial charge in [0.1, 0.15) is 11.2 Å². The number of rotatable bonds is 4. The standard InChI is InChI=1S/C17H14FNO4/c1-2-17(11-7-9-12(18)10-8-11)15(23-16(17)20)13-5-3-4-6-14(13)19(21)22/h3-10,15H,2H2,1H3/t15-,17+/m1/s1. The van der Waals surface area contributed by atoms with Crippen LogP contribution < -0.4 is 0 Å². The van der Waals surface area contributed by atoms with Crippen molar-refractivity contribution >= 4 is 11.7 Å². The van der Waals surface area contributed by atoms with Crippen LogP contribution in [0.2, 0.25) is 0 Å². The van der Waals surface area contributed by atoms with E-state index >= 15 is 0 Å². The molecular weight excluding hydrogens is 301 g/mol. The fourth-order valence-corrected chi connectivity index (χ4v) is 3.12. The molecular formula is C17H14FNO4. The third-order valence-electron chi connectivity index (χ3n) is 4.37. The number of cyclic esters (lactones) is 1. The predicted molar refractivity (Wildman–Crippen MR) is 80.3 cm³/mol. The zero-order chi connectivity index (χ0) is 16.6. The molecule has 1 aliphatic rings. The van der Waals surface area contributed by atoms with Crippen molar-refractivity contribution in [1.82, 2.24) is 0 Å². The zero-order valence-electron chi connectivity index (χ0n) is 12.4. The van der Waals surface area contributed by atoms with E-state index in [1.54, 1.807) is 18.2 Å². The Morgan fingerprint density at radius 2 is 1.87 bits per heavy atom. The third-order valence-corrected chi connectivity index (χ3v) is 4.37. The number of nitro groups is 1. The smallest absolute Gasteiger partial charge is 0.321 e. The Hall–Kier alpha value is -2.76. The average Bonchev–Trinajstić information content (AvgIpc) is 2.55. The van der Waals surface area contributed by atoms with E-state index in [4.69, 9.17) is 4.74 Å². The quantitative estimate of drug-likeness (QED) is 0.490. The summed E-state index contributed by atoms with van der Waals surface area (Å²) in [5.74, 6) is -0.857. The molecule has 2 atom stereocenters. The first kappa shape index (κ1) is 15.1. The highest BCUT2D eigenvalue weighted by Crippen LogP contribution is 2.53. The summed E-state index contributed by atoms with van der Waals surface area (Å²) in [5, 5.41) is 11.2. The van der Waals surface area contributed by atoms with Crippen molar-refractivity contribution in [2.24, 2.45) is 0 Å². The molecule has 0 aliphatic carbocycles. The summed E-state index contributed by atoms with van der Waals surface area (Å²) in [7, 11) is 0. The first-order chi connectivity index (χ1) is 11.0. The van der Waals surface area contributed by atoms with Crippen LogP contribution >= 0.6 is 0 Å². The molecule has 2 aromatic carbocycles. The molecule has 0 bridgehead atoms. The molecule has 5 nitrogen and oxygen atoms in total. The van der Waals surface area contributed by atoms with E-state index in [0.717, 1.165) is 0 Å². The maximum Gasteiger partial charge on any atom is 0.321 e. The van der Waals surface area contributed by atoms with Crippen molar-refractivity contribution in [2.45, 2.75) is 24.9 Å². The van der Waals surface area contributed by atoms with Gasteiger partial charge in [0.15, 0.2) is 6.10 Å². The number of nitrogens with zero attached hydrogens (tertiary/aromatic N) is 1. The second-order valence-corrected chi connectivity index (χ2v) is 5.43. The van der Waals surface area contributed by atoms with Crippen LogP contribution in [0.5, 0.6) is 0 Å². The summed E-state index contributed by atoms with van der Waals surface area (Å²) in [6.45, 7) is 1.81. The molecule has 0 N–H and O–H groups in total. The summed E-state index contributed by atoms with van der Waals surface area (Å²) in [5.41, 5.74) is -0.172. The van der Waals surface area contributed by atoms with Crippen molar-refractivity contribution in [3.05, 3.63) is 75.6 Å². The molecule has 0 radical (unpaired) electrons. The van der Waals surface area contributed by atoms with E-state index in [1.165, 1.54) is 30.3 Å². The van der Waals surface area contributed by atoms with Crippen molar-refractivity contribution in [3.8, 4) is 0 Å². The normalized spacial score (nSPS) is 23.0. The topological polar surface area (TPSA) is 69.4 Å². The number of hydrogen-bond acceptors (Lipinski definition) is 4. The van der Waals surface area contributed by atoms with Gasteiger partial charge in [-0.1, -0.05) is 31.2 Å². The molecule has 1 aliphatic heterocycles. The minimum atomic E-state index is -1.03. The van der Waals surface area contributed by atoms with Crippen molar-refractivity contribution in [3.63, 3.8) is 0 Å². The average molecular weight is 315 g/mol. The van der Waals surface area contributed by atoms with E-state index in [2.05, 4.69) is 0 Å². The third kappa shape index (κ3) is 2.18. The first-order valence-electron chi connectivity index (χ1n) is 7.21. The molecule has 23 heavy (non-hydrogen) atoms. The van der Waals surface area contributed by atoms with Crippen LogP contribution in [0.3, 0.4) is 0 Å². The fourth-order valence-electron chi connectivity index (χ4n) is 3.12. The van der Waals surface area contributed by atoms with Crippen LogP contribution in [0, 0.1) is 15.9 Å². The summed E-state index contributed by atoms with van der Waals surface area (Å²) in [4.78, 5) is 23.0. The Morgan fingerprint density at radius 1 is 1.22 bits per heavy atom. The van der Waals surface area contributed by atoms with E-state index in [9.17, 15) is 19.3 Å². The van der Waals surface area contributed by atoms with E-state index < -0.39 is 28.2 Å². The van der Waals surface area contributed by atoms with Gasteiger partial charge in [-0.05, 0) is 30.2 Å². The maximum atomic E-state index is 13.2. The lowest BCUT2D eigenvalue weighted by Gasteiger charge is -2.46. The Kier molecular flexibility index (Phi) is 3.60. The van der Waals surface area contributed by atoms with Crippen LogP contribution in [0.25, 0.3) is 0 Å². The van der Waals surface area contributed by atoms with E-state index in [-0.39, 0.29) is 5.69 Å². The summed E-state index contributed by atoms with van der Waals surface area (Å²) >= 11 is 0. The number of carbonyl (C=O) groups excluding carboxylic acids is 1. The van der Waals surface area contributed by atoms with Crippen molar-refractivity contribution < 1.29 is 18.8 Å². The van der Waals surface area contributed by atoms with Gasteiger partial charge in [-0.25, -0.2) is 4.39 Å². The van der Waals surface area contributed by atoms with Crippen molar-refractivity contribution in [2.75, 3.05) is 0 Å². The molecule has 0 amide bonds. The number of esters is 1. The summed E-state index contributed by atoms with van der Waals surface area (Å²) < 4.78 is 18.5. The van der Waals surface area contributed by atoms with Crippen LogP contribution in [-0.2, 0) is 14.9 Å². The highest BCUT2D eigenvalue weighted by molar-refractivity contribution is 5.90. The highest BCUT2D eigenvalue weighted by Gasteiger charge is 2.60. The number of ether oxygens (including phenoxy) is 1. The number of para-hydroxylation sites is 1. The maximum absolute atomic E-state index is 13.2. The van der Waals surface area contributed by atoms with Crippen molar-refractivity contribution in [1.29, 1.82) is 0 Å². The molecule has 6 heteroatoms. The number of hydrogen-bond donors (Lipinski definition) is 0. The largest absolute Gasteiger partial charge is 0.455 e. The second kappa shape index (κ2) is 5.46. The van der Waals surface area contributed by atoms with E-state index in [0.29, 0.717) is 17.5 Å². The molecule has 0 saturated carbocycles. The molecule has 0 unspecified atom stereocenters. The molecule has 0 spiro atoms. The van der Waals surface area contributed by atoms with Crippen LogP contribution in [0.15, 0.2) is 48.5 Å². The van der Waals surface area contributed by atoms with Crippen LogP contribution in [0.4, 0.5) is 10.1 Å². The Labute approximate surface area is 131 Å². The Morgan fingerprint density at radius 3 is 2.43 bits per heavy atom. The second-order valence-electron chi connectivity index (χ2n) is 5.43. The Balaban J connectivity index is 2.12. The van der Waals surface area contributed by atoms with Crippen LogP contribution in [0.1, 0.15) is 30.6 Å². The first-order valence-corrected chi connectivity index (χ1v) is 7.21. The minimum absolute atomic E-state index is 0.0927. The SMILES string of the molecule is CC[C@@]1(c2ccc(F)cc2)C(=O)O[C@@H]1c1ccccc1[N+](=O)[O-]. The number of nitro benzene ring substituents is 1. The molecule has 118 valence electrons. The van der Waals surface area contributed by atoms with Gasteiger partial charge in [0.25, 0.3) is 5.69 Å². The van der Waals surface area contributed by atoms with Gasteiger partial charge in [0.2, 0.25) is 0 Å². The van der Waals surface area contributed by atoms with Gasteiger partial charge in [0, 0.05) is 6.07 Å². The summed E-state index contributed by atoms with van der Waals surface area (Å²) in [6, 6.07) is 11.8. The highest BCUT2D eigenvalue weighted by atomic mass is 19.1. The predicted octanol–water partition coefficient (Wildman–Crippen LogP) is 3.68. The molecule has 1 saturated heterocycles. The number of carbonyl (C=O) groups is 1. The molecule has 1 heterocycles. The van der Waals surface area contributed by atoms with Gasteiger partial charge >= 0.3 is 5.97 Å². The number of halogens is 1. The minimum Gasteiger partial charge on any atom is -0.455 e. The Bertz CT molecular complexity index is 774. The lowest BCUT2D eigenvalue weighted by molar-refractivity contribution is -0.386. The van der Waals surface area contributed by atoms with Gasteiger partial charge in [0.05, 0.1) is 10.5 Å². The monoisotopic (exact) mass is 315 g/mol. The fraction of sp³-hybridized carbons (Fsp3) is 0.235. The number of benzene rings is 2. The van der Waals surface area contributed by atoms with Gasteiger partial charge in [-0.2, -0.15) is 0 Å². The van der Waals surface area contributed by atoms with E-state index in [1.807, 2.05) is 6.92 Å². The molecule has 2 aromatic rings. The zero-order valence-corrected chi connectivity index (χ0v) is 12.4. The van der Waals surface area contributed by atoms with Gasteiger partial charge < -0.3 is 4.74 Å². The lowest BCUT2D eigenvalue weighted by Crippen LogP contribution is -2.54. The van der Waals surface area contributed by atoms with Gasteiger partial charge in [-0.15, -0.1) is 0 Å². The van der Waals surface area contributed by atoms with Gasteiger partial charge in [-0.3, -0.25) is 14.9 Å². The molecule has 1 fully saturated rings. The van der Waals surface area contributed by atoms with Crippen LogP contribution in [-0.4, -0.2) is 10.9 Å². The molecule has 3 rings (SSSR count). The molecule has 0 aromatic heterocycles. The summed E-state index contributed by atoms with van der Waals surface area (Å²) in [6.07, 6.45) is -0.360. The lowest BCUT2D eigenvalue weighted by atomic mass is 9.67.